The number of carbonyl (C=O) groups excluding carboxylic acids is 1. The second-order valence-electron chi connectivity index (χ2n) is 6.57. The Bertz CT molecular complexity index is 1170. The highest BCUT2D eigenvalue weighted by molar-refractivity contribution is 6.16. The minimum absolute atomic E-state index is 0.160. The molecule has 4 aromatic rings. The first-order chi connectivity index (χ1) is 14.2. The van der Waals surface area contributed by atoms with E-state index in [9.17, 15) is 9.18 Å². The van der Waals surface area contributed by atoms with Gasteiger partial charge in [-0.1, -0.05) is 30.3 Å². The van der Waals surface area contributed by atoms with Gasteiger partial charge in [0.2, 0.25) is 0 Å². The number of benzene rings is 3. The average Bonchev–Trinajstić information content (AvgIpc) is 2.77. The van der Waals surface area contributed by atoms with Crippen molar-refractivity contribution in [1.29, 1.82) is 0 Å². The Balaban J connectivity index is 1.60. The Morgan fingerprint density at radius 1 is 0.966 bits per heavy atom. The van der Waals surface area contributed by atoms with Crippen molar-refractivity contribution in [2.75, 3.05) is 12.4 Å². The minimum atomic E-state index is -0.369. The third kappa shape index (κ3) is 3.94. The van der Waals surface area contributed by atoms with Gasteiger partial charge in [-0.2, -0.15) is 0 Å². The van der Waals surface area contributed by atoms with E-state index in [2.05, 4.69) is 10.3 Å². The zero-order chi connectivity index (χ0) is 20.2. The lowest BCUT2D eigenvalue weighted by molar-refractivity contribution is 0.104. The lowest BCUT2D eigenvalue weighted by Gasteiger charge is -2.11. The summed E-state index contributed by atoms with van der Waals surface area (Å²) in [6.45, 7) is 0.566. The Morgan fingerprint density at radius 3 is 2.55 bits per heavy atom. The second kappa shape index (κ2) is 8.10. The molecule has 0 fully saturated rings. The van der Waals surface area contributed by atoms with E-state index in [1.54, 1.807) is 19.2 Å². The van der Waals surface area contributed by atoms with Crippen LogP contribution < -0.4 is 10.1 Å². The van der Waals surface area contributed by atoms with E-state index >= 15 is 0 Å². The molecule has 0 spiro atoms. The zero-order valence-corrected chi connectivity index (χ0v) is 15.9. The SMILES string of the molecule is COc1ccccc1CNc1ccc2c(C(=O)c3ccc(F)cc3)cccc2n1. The number of para-hydroxylation sites is 1. The number of ketones is 1. The molecule has 5 heteroatoms. The largest absolute Gasteiger partial charge is 0.496 e. The topological polar surface area (TPSA) is 51.2 Å². The van der Waals surface area contributed by atoms with Crippen LogP contribution in [0.4, 0.5) is 10.2 Å². The van der Waals surface area contributed by atoms with Crippen molar-refractivity contribution >= 4 is 22.5 Å². The molecule has 0 aliphatic heterocycles. The van der Waals surface area contributed by atoms with Gasteiger partial charge in [0.15, 0.2) is 5.78 Å². The average molecular weight is 386 g/mol. The van der Waals surface area contributed by atoms with E-state index in [0.29, 0.717) is 29.0 Å². The maximum atomic E-state index is 13.2. The molecule has 0 unspecified atom stereocenters. The summed E-state index contributed by atoms with van der Waals surface area (Å²) in [6.07, 6.45) is 0. The number of hydrogen-bond donors (Lipinski definition) is 1. The molecule has 1 heterocycles. The summed E-state index contributed by atoms with van der Waals surface area (Å²) in [5.41, 5.74) is 2.72. The predicted octanol–water partition coefficient (Wildman–Crippen LogP) is 5.23. The molecule has 0 atom stereocenters. The molecule has 4 rings (SSSR count). The van der Waals surface area contributed by atoms with E-state index in [0.717, 1.165) is 16.7 Å². The fraction of sp³-hybridized carbons (Fsp3) is 0.0833. The number of ether oxygens (including phenoxy) is 1. The molecular formula is C24H19FN2O2. The van der Waals surface area contributed by atoms with Gasteiger partial charge in [0.25, 0.3) is 0 Å². The van der Waals surface area contributed by atoms with E-state index in [-0.39, 0.29) is 11.6 Å². The van der Waals surface area contributed by atoms with Crippen LogP contribution in [0.5, 0.6) is 5.75 Å². The first-order valence-electron chi connectivity index (χ1n) is 9.21. The van der Waals surface area contributed by atoms with E-state index in [1.807, 2.05) is 42.5 Å². The smallest absolute Gasteiger partial charge is 0.193 e. The number of methoxy groups -OCH3 is 1. The standard InChI is InChI=1S/C24H19FN2O2/c1-29-22-8-3-2-5-17(22)15-26-23-14-13-19-20(6-4-7-21(19)27-23)24(28)16-9-11-18(25)12-10-16/h2-14H,15H2,1H3,(H,26,27). The van der Waals surface area contributed by atoms with Crippen LogP contribution in [-0.4, -0.2) is 17.9 Å². The van der Waals surface area contributed by atoms with E-state index < -0.39 is 0 Å². The lowest BCUT2D eigenvalue weighted by Crippen LogP contribution is -2.05. The third-order valence-electron chi connectivity index (χ3n) is 4.74. The molecule has 29 heavy (non-hydrogen) atoms. The highest BCUT2D eigenvalue weighted by atomic mass is 19.1. The Kier molecular flexibility index (Phi) is 5.20. The molecule has 0 saturated carbocycles. The summed E-state index contributed by atoms with van der Waals surface area (Å²) < 4.78 is 18.5. The van der Waals surface area contributed by atoms with Crippen LogP contribution in [0.15, 0.2) is 78.9 Å². The minimum Gasteiger partial charge on any atom is -0.496 e. The number of nitrogens with zero attached hydrogens (tertiary/aromatic N) is 1. The van der Waals surface area contributed by atoms with Gasteiger partial charge in [-0.3, -0.25) is 4.79 Å². The second-order valence-corrected chi connectivity index (χ2v) is 6.57. The molecule has 144 valence electrons. The van der Waals surface area contributed by atoms with Crippen molar-refractivity contribution in [3.05, 3.63) is 101 Å². The fourth-order valence-electron chi connectivity index (χ4n) is 3.24. The van der Waals surface area contributed by atoms with Crippen LogP contribution in [0.25, 0.3) is 10.9 Å². The molecule has 0 aliphatic rings. The number of aromatic nitrogens is 1. The molecule has 0 saturated heterocycles. The Morgan fingerprint density at radius 2 is 1.76 bits per heavy atom. The van der Waals surface area contributed by atoms with Crippen molar-refractivity contribution < 1.29 is 13.9 Å². The van der Waals surface area contributed by atoms with Crippen molar-refractivity contribution in [1.82, 2.24) is 4.98 Å². The molecule has 0 amide bonds. The molecule has 1 aromatic heterocycles. The summed E-state index contributed by atoms with van der Waals surface area (Å²) >= 11 is 0. The molecule has 4 nitrogen and oxygen atoms in total. The van der Waals surface area contributed by atoms with Crippen LogP contribution in [0, 0.1) is 5.82 Å². The van der Waals surface area contributed by atoms with Crippen molar-refractivity contribution in [2.24, 2.45) is 0 Å². The summed E-state index contributed by atoms with van der Waals surface area (Å²) in [7, 11) is 1.65. The third-order valence-corrected chi connectivity index (χ3v) is 4.74. The Hall–Kier alpha value is -3.73. The van der Waals surface area contributed by atoms with Crippen LogP contribution >= 0.6 is 0 Å². The lowest BCUT2D eigenvalue weighted by atomic mass is 9.99. The number of carbonyl (C=O) groups is 1. The first kappa shape index (κ1) is 18.6. The number of nitrogens with one attached hydrogen (secondary N) is 1. The maximum absolute atomic E-state index is 13.2. The van der Waals surface area contributed by atoms with Gasteiger partial charge in [-0.25, -0.2) is 9.37 Å². The number of halogens is 1. The predicted molar refractivity (Wildman–Crippen MR) is 112 cm³/mol. The number of hydrogen-bond acceptors (Lipinski definition) is 4. The van der Waals surface area contributed by atoms with Crippen LogP contribution in [-0.2, 0) is 6.54 Å². The number of rotatable bonds is 6. The zero-order valence-electron chi connectivity index (χ0n) is 15.9. The maximum Gasteiger partial charge on any atom is 0.193 e. The highest BCUT2D eigenvalue weighted by Gasteiger charge is 2.13. The molecule has 0 aliphatic carbocycles. The number of pyridine rings is 1. The summed E-state index contributed by atoms with van der Waals surface area (Å²) in [5.74, 6) is 0.988. The molecular weight excluding hydrogens is 367 g/mol. The normalized spacial score (nSPS) is 10.7. The number of anilines is 1. The van der Waals surface area contributed by atoms with Gasteiger partial charge in [0, 0.05) is 28.6 Å². The van der Waals surface area contributed by atoms with Gasteiger partial charge in [0.05, 0.1) is 12.6 Å². The van der Waals surface area contributed by atoms with Crippen molar-refractivity contribution in [2.45, 2.75) is 6.54 Å². The molecule has 0 bridgehead atoms. The highest BCUT2D eigenvalue weighted by Crippen LogP contribution is 2.23. The molecule has 3 aromatic carbocycles. The van der Waals surface area contributed by atoms with Gasteiger partial charge < -0.3 is 10.1 Å². The fourth-order valence-corrected chi connectivity index (χ4v) is 3.24. The summed E-state index contributed by atoms with van der Waals surface area (Å²) in [4.78, 5) is 17.5. The van der Waals surface area contributed by atoms with Gasteiger partial charge in [-0.05, 0) is 48.5 Å². The van der Waals surface area contributed by atoms with Gasteiger partial charge in [-0.15, -0.1) is 0 Å². The number of fused-ring (bicyclic) bond motifs is 1. The molecule has 0 radical (unpaired) electrons. The quantitative estimate of drug-likeness (QED) is 0.461. The van der Waals surface area contributed by atoms with Crippen LogP contribution in [0.2, 0.25) is 0 Å². The summed E-state index contributed by atoms with van der Waals surface area (Å²) in [5, 5.41) is 4.05. The van der Waals surface area contributed by atoms with Crippen LogP contribution in [0.1, 0.15) is 21.5 Å². The van der Waals surface area contributed by atoms with Gasteiger partial charge >= 0.3 is 0 Å². The first-order valence-corrected chi connectivity index (χ1v) is 9.21. The van der Waals surface area contributed by atoms with E-state index in [4.69, 9.17) is 4.74 Å². The van der Waals surface area contributed by atoms with Crippen molar-refractivity contribution in [3.8, 4) is 5.75 Å². The Labute approximate surface area is 168 Å². The van der Waals surface area contributed by atoms with E-state index in [1.165, 1.54) is 24.3 Å². The monoisotopic (exact) mass is 386 g/mol. The summed E-state index contributed by atoms with van der Waals surface area (Å²) in [6, 6.07) is 22.5. The van der Waals surface area contributed by atoms with Gasteiger partial charge in [0.1, 0.15) is 17.4 Å². The molecule has 1 N–H and O–H groups in total. The van der Waals surface area contributed by atoms with Crippen LogP contribution in [0.3, 0.4) is 0 Å². The van der Waals surface area contributed by atoms with Crippen molar-refractivity contribution in [3.63, 3.8) is 0 Å².